The van der Waals surface area contributed by atoms with Gasteiger partial charge >= 0.3 is 5.97 Å². The number of hydrogen-bond acceptors (Lipinski definition) is 5. The zero-order valence-corrected chi connectivity index (χ0v) is 16.2. The normalized spacial score (nSPS) is 12.9. The third-order valence-electron chi connectivity index (χ3n) is 4.55. The number of esters is 1. The van der Waals surface area contributed by atoms with Gasteiger partial charge in [0.1, 0.15) is 5.82 Å². The van der Waals surface area contributed by atoms with Crippen LogP contribution >= 0.6 is 11.6 Å². The van der Waals surface area contributed by atoms with Gasteiger partial charge in [0.15, 0.2) is 18.1 Å². The highest BCUT2D eigenvalue weighted by atomic mass is 35.5. The Morgan fingerprint density at radius 1 is 1.11 bits per heavy atom. The lowest BCUT2D eigenvalue weighted by molar-refractivity contribution is -0.135. The molecule has 0 unspecified atom stereocenters. The molecule has 28 heavy (non-hydrogen) atoms. The van der Waals surface area contributed by atoms with Crippen molar-refractivity contribution in [3.05, 3.63) is 57.9 Å². The molecule has 1 aliphatic heterocycles. The maximum absolute atomic E-state index is 13.7. The minimum Gasteiger partial charge on any atom is -0.493 e. The molecule has 148 valence electrons. The number of methoxy groups -OCH3 is 2. The molecule has 0 radical (unpaired) electrons. The van der Waals surface area contributed by atoms with E-state index in [1.807, 2.05) is 12.1 Å². The highest BCUT2D eigenvalue weighted by Crippen LogP contribution is 2.33. The molecule has 0 atom stereocenters. The van der Waals surface area contributed by atoms with Crippen molar-refractivity contribution in [2.75, 3.05) is 27.4 Å². The molecule has 0 aromatic heterocycles. The molecule has 1 heterocycles. The maximum Gasteiger partial charge on any atom is 0.341 e. The van der Waals surface area contributed by atoms with E-state index < -0.39 is 18.4 Å². The minimum absolute atomic E-state index is 0.205. The smallest absolute Gasteiger partial charge is 0.341 e. The molecule has 2 aromatic rings. The van der Waals surface area contributed by atoms with Crippen LogP contribution in [0.4, 0.5) is 4.39 Å². The largest absolute Gasteiger partial charge is 0.493 e. The molecule has 0 N–H and O–H groups in total. The average Bonchev–Trinajstić information content (AvgIpc) is 2.71. The number of ether oxygens (including phenoxy) is 3. The first-order valence-electron chi connectivity index (χ1n) is 8.56. The summed E-state index contributed by atoms with van der Waals surface area (Å²) in [5, 5.41) is 0.205. The number of rotatable bonds is 5. The van der Waals surface area contributed by atoms with Crippen molar-refractivity contribution in [1.29, 1.82) is 0 Å². The summed E-state index contributed by atoms with van der Waals surface area (Å²) in [7, 11) is 3.12. The van der Waals surface area contributed by atoms with Crippen LogP contribution in [-0.4, -0.2) is 44.1 Å². The van der Waals surface area contributed by atoms with Crippen LogP contribution in [0.3, 0.4) is 0 Å². The van der Waals surface area contributed by atoms with E-state index in [0.717, 1.165) is 17.2 Å². The van der Waals surface area contributed by atoms with Gasteiger partial charge in [0, 0.05) is 18.1 Å². The second-order valence-electron chi connectivity index (χ2n) is 6.24. The zero-order valence-electron chi connectivity index (χ0n) is 15.5. The van der Waals surface area contributed by atoms with Crippen LogP contribution in [0.1, 0.15) is 21.5 Å². The number of fused-ring (bicyclic) bond motifs is 1. The molecule has 0 aliphatic carbocycles. The SMILES string of the molecule is COc1cc2c(cc1OC)CN(C(=O)COC(=O)c1cc(Cl)ccc1F)CC2. The Hall–Kier alpha value is -2.80. The standard InChI is InChI=1S/C20H19ClFNO5/c1-26-17-7-12-5-6-23(10-13(12)8-18(17)27-2)19(24)11-28-20(25)15-9-14(21)3-4-16(15)22/h3-4,7-9H,5-6,10-11H2,1-2H3. The van der Waals surface area contributed by atoms with Crippen molar-refractivity contribution in [1.82, 2.24) is 4.90 Å². The Labute approximate surface area is 166 Å². The first-order chi connectivity index (χ1) is 13.4. The van der Waals surface area contributed by atoms with E-state index in [0.29, 0.717) is 31.0 Å². The number of carbonyl (C=O) groups excluding carboxylic acids is 2. The quantitative estimate of drug-likeness (QED) is 0.712. The lowest BCUT2D eigenvalue weighted by Crippen LogP contribution is -2.38. The summed E-state index contributed by atoms with van der Waals surface area (Å²) in [6, 6.07) is 7.30. The van der Waals surface area contributed by atoms with Crippen molar-refractivity contribution in [2.24, 2.45) is 0 Å². The van der Waals surface area contributed by atoms with E-state index in [9.17, 15) is 14.0 Å². The Morgan fingerprint density at radius 3 is 2.46 bits per heavy atom. The molecular weight excluding hydrogens is 389 g/mol. The van der Waals surface area contributed by atoms with Gasteiger partial charge in [0.25, 0.3) is 5.91 Å². The molecule has 2 aromatic carbocycles. The summed E-state index contributed by atoms with van der Waals surface area (Å²) in [4.78, 5) is 26.1. The molecule has 1 aliphatic rings. The topological polar surface area (TPSA) is 65.1 Å². The van der Waals surface area contributed by atoms with Gasteiger partial charge < -0.3 is 19.1 Å². The zero-order chi connectivity index (χ0) is 20.3. The third kappa shape index (κ3) is 4.20. The van der Waals surface area contributed by atoms with Gasteiger partial charge in [-0.25, -0.2) is 9.18 Å². The maximum atomic E-state index is 13.7. The Bertz CT molecular complexity index is 918. The average molecular weight is 408 g/mol. The lowest BCUT2D eigenvalue weighted by atomic mass is 9.99. The molecule has 1 amide bonds. The van der Waals surface area contributed by atoms with Gasteiger partial charge in [-0.15, -0.1) is 0 Å². The fourth-order valence-corrected chi connectivity index (χ4v) is 3.22. The second-order valence-corrected chi connectivity index (χ2v) is 6.68. The van der Waals surface area contributed by atoms with E-state index in [4.69, 9.17) is 25.8 Å². The fraction of sp³-hybridized carbons (Fsp3) is 0.300. The molecule has 0 spiro atoms. The first-order valence-corrected chi connectivity index (χ1v) is 8.94. The van der Waals surface area contributed by atoms with Crippen LogP contribution in [0.5, 0.6) is 11.5 Å². The van der Waals surface area contributed by atoms with E-state index in [1.165, 1.54) is 12.1 Å². The number of hydrogen-bond donors (Lipinski definition) is 0. The van der Waals surface area contributed by atoms with Gasteiger partial charge in [-0.1, -0.05) is 11.6 Å². The summed E-state index contributed by atoms with van der Waals surface area (Å²) in [5.41, 5.74) is 1.70. The molecule has 0 saturated carbocycles. The molecule has 3 rings (SSSR count). The van der Waals surface area contributed by atoms with Crippen molar-refractivity contribution >= 4 is 23.5 Å². The second kappa shape index (κ2) is 8.48. The van der Waals surface area contributed by atoms with E-state index in [1.54, 1.807) is 19.1 Å². The minimum atomic E-state index is -0.933. The van der Waals surface area contributed by atoms with Crippen LogP contribution in [0.2, 0.25) is 5.02 Å². The number of benzene rings is 2. The highest BCUT2D eigenvalue weighted by molar-refractivity contribution is 6.30. The van der Waals surface area contributed by atoms with E-state index in [-0.39, 0.29) is 16.5 Å². The molecular formula is C20H19ClFNO5. The fourth-order valence-electron chi connectivity index (χ4n) is 3.05. The summed E-state index contributed by atoms with van der Waals surface area (Å²) < 4.78 is 29.3. The van der Waals surface area contributed by atoms with Crippen LogP contribution < -0.4 is 9.47 Å². The third-order valence-corrected chi connectivity index (χ3v) is 4.78. The molecule has 8 heteroatoms. The predicted molar refractivity (Wildman–Crippen MR) is 100 cm³/mol. The van der Waals surface area contributed by atoms with Crippen LogP contribution in [0.15, 0.2) is 30.3 Å². The number of nitrogens with zero attached hydrogens (tertiary/aromatic N) is 1. The van der Waals surface area contributed by atoms with Crippen LogP contribution in [-0.2, 0) is 22.5 Å². The molecule has 0 saturated heterocycles. The number of carbonyl (C=O) groups is 2. The van der Waals surface area contributed by atoms with Gasteiger partial charge in [-0.2, -0.15) is 0 Å². The number of amides is 1. The van der Waals surface area contributed by atoms with Crippen molar-refractivity contribution in [3.8, 4) is 11.5 Å². The van der Waals surface area contributed by atoms with Crippen LogP contribution in [0, 0.1) is 5.82 Å². The van der Waals surface area contributed by atoms with Crippen molar-refractivity contribution in [2.45, 2.75) is 13.0 Å². The van der Waals surface area contributed by atoms with Crippen molar-refractivity contribution in [3.63, 3.8) is 0 Å². The van der Waals surface area contributed by atoms with Gasteiger partial charge in [0.2, 0.25) is 0 Å². The highest BCUT2D eigenvalue weighted by Gasteiger charge is 2.24. The lowest BCUT2D eigenvalue weighted by Gasteiger charge is -2.29. The summed E-state index contributed by atoms with van der Waals surface area (Å²) >= 11 is 5.77. The van der Waals surface area contributed by atoms with Gasteiger partial charge in [-0.3, -0.25) is 4.79 Å². The predicted octanol–water partition coefficient (Wildman–Crippen LogP) is 3.24. The van der Waals surface area contributed by atoms with Gasteiger partial charge in [0.05, 0.1) is 19.8 Å². The monoisotopic (exact) mass is 407 g/mol. The summed E-state index contributed by atoms with van der Waals surface area (Å²) in [6.07, 6.45) is 0.637. The first kappa shape index (κ1) is 19.9. The Balaban J connectivity index is 1.65. The molecule has 0 fully saturated rings. The molecule has 0 bridgehead atoms. The Kier molecular flexibility index (Phi) is 6.04. The summed E-state index contributed by atoms with van der Waals surface area (Å²) in [6.45, 7) is 0.357. The van der Waals surface area contributed by atoms with E-state index >= 15 is 0 Å². The van der Waals surface area contributed by atoms with E-state index in [2.05, 4.69) is 0 Å². The number of halogens is 2. The Morgan fingerprint density at radius 2 is 1.79 bits per heavy atom. The summed E-state index contributed by atoms with van der Waals surface area (Å²) in [5.74, 6) is -0.833. The molecule has 6 nitrogen and oxygen atoms in total. The van der Waals surface area contributed by atoms with Crippen molar-refractivity contribution < 1.29 is 28.2 Å². The van der Waals surface area contributed by atoms with Crippen LogP contribution in [0.25, 0.3) is 0 Å². The van der Waals surface area contributed by atoms with Gasteiger partial charge in [-0.05, 0) is 47.9 Å².